The number of phenols is 1. The molecule has 4 N–H and O–H groups in total. The molecule has 1 amide bonds. The second-order valence-corrected chi connectivity index (χ2v) is 4.85. The van der Waals surface area contributed by atoms with Gasteiger partial charge in [0.25, 0.3) is 5.91 Å². The molecule has 22 heavy (non-hydrogen) atoms. The Labute approximate surface area is 128 Å². The first kappa shape index (κ1) is 15.3. The summed E-state index contributed by atoms with van der Waals surface area (Å²) in [4.78, 5) is 22.3. The van der Waals surface area contributed by atoms with E-state index in [1.54, 1.807) is 23.2 Å². The molecule has 7 heteroatoms. The van der Waals surface area contributed by atoms with Crippen LogP contribution in [0, 0.1) is 0 Å². The van der Waals surface area contributed by atoms with Crippen LogP contribution in [0.25, 0.3) is 11.3 Å². The van der Waals surface area contributed by atoms with E-state index in [0.717, 1.165) is 0 Å². The predicted molar refractivity (Wildman–Crippen MR) is 84.3 cm³/mol. The average Bonchev–Trinajstić information content (AvgIpc) is 2.47. The number of nitrogens with two attached hydrogens (primary N) is 1. The lowest BCUT2D eigenvalue weighted by Crippen LogP contribution is -2.26. The molecule has 0 spiro atoms. The zero-order valence-corrected chi connectivity index (χ0v) is 12.4. The Bertz CT molecular complexity index is 728. The standard InChI is InChI=1S/C15H17N5O2/c1-9(16)18-14(22)11-8-10(4-5-13(11)21)12-6-7-17-15(19-12)20(2)3/h4-8,21H,1,16H2,2-3H3,(H,18,22). The van der Waals surface area contributed by atoms with Crippen LogP contribution in [-0.4, -0.2) is 35.1 Å². The number of hydrogen-bond donors (Lipinski definition) is 3. The summed E-state index contributed by atoms with van der Waals surface area (Å²) in [6, 6.07) is 6.37. The molecule has 0 radical (unpaired) electrons. The van der Waals surface area contributed by atoms with Gasteiger partial charge in [0.2, 0.25) is 5.95 Å². The van der Waals surface area contributed by atoms with Crippen LogP contribution in [0.3, 0.4) is 0 Å². The number of rotatable bonds is 4. The van der Waals surface area contributed by atoms with Gasteiger partial charge in [0.15, 0.2) is 0 Å². The zero-order valence-electron chi connectivity index (χ0n) is 12.4. The van der Waals surface area contributed by atoms with Crippen LogP contribution in [0.4, 0.5) is 5.95 Å². The van der Waals surface area contributed by atoms with Crippen molar-refractivity contribution in [1.82, 2.24) is 15.3 Å². The molecule has 1 heterocycles. The number of hydrogen-bond acceptors (Lipinski definition) is 6. The van der Waals surface area contributed by atoms with Crippen molar-refractivity contribution in [3.63, 3.8) is 0 Å². The Hall–Kier alpha value is -3.09. The molecule has 0 aliphatic carbocycles. The molecule has 0 bridgehead atoms. The van der Waals surface area contributed by atoms with E-state index in [-0.39, 0.29) is 17.1 Å². The maximum Gasteiger partial charge on any atom is 0.260 e. The third kappa shape index (κ3) is 3.32. The second-order valence-electron chi connectivity index (χ2n) is 4.85. The Morgan fingerprint density at radius 2 is 2.09 bits per heavy atom. The van der Waals surface area contributed by atoms with Gasteiger partial charge in [0, 0.05) is 25.9 Å². The highest BCUT2D eigenvalue weighted by atomic mass is 16.3. The smallest absolute Gasteiger partial charge is 0.260 e. The molecule has 0 saturated heterocycles. The SMILES string of the molecule is C=C(N)NC(=O)c1cc(-c2ccnc(N(C)C)n2)ccc1O. The van der Waals surface area contributed by atoms with Gasteiger partial charge >= 0.3 is 0 Å². The monoisotopic (exact) mass is 299 g/mol. The predicted octanol–water partition coefficient (Wildman–Crippen LogP) is 1.07. The fourth-order valence-corrected chi connectivity index (χ4v) is 1.82. The normalized spacial score (nSPS) is 10.1. The van der Waals surface area contributed by atoms with Gasteiger partial charge in [-0.2, -0.15) is 0 Å². The van der Waals surface area contributed by atoms with Crippen molar-refractivity contribution in [3.05, 3.63) is 48.4 Å². The molecule has 1 aromatic carbocycles. The van der Waals surface area contributed by atoms with E-state index >= 15 is 0 Å². The molecule has 2 rings (SSSR count). The average molecular weight is 299 g/mol. The maximum atomic E-state index is 12.0. The minimum atomic E-state index is -0.534. The summed E-state index contributed by atoms with van der Waals surface area (Å²) in [7, 11) is 3.67. The van der Waals surface area contributed by atoms with Crippen LogP contribution in [-0.2, 0) is 0 Å². The molecular formula is C15H17N5O2. The Morgan fingerprint density at radius 3 is 2.73 bits per heavy atom. The Morgan fingerprint density at radius 1 is 1.36 bits per heavy atom. The number of carbonyl (C=O) groups is 1. The van der Waals surface area contributed by atoms with Crippen molar-refractivity contribution < 1.29 is 9.90 Å². The molecule has 0 aliphatic rings. The maximum absolute atomic E-state index is 12.0. The fraction of sp³-hybridized carbons (Fsp3) is 0.133. The van der Waals surface area contributed by atoms with E-state index < -0.39 is 5.91 Å². The molecule has 0 aliphatic heterocycles. The zero-order chi connectivity index (χ0) is 16.3. The minimum Gasteiger partial charge on any atom is -0.507 e. The largest absolute Gasteiger partial charge is 0.507 e. The number of carbonyl (C=O) groups excluding carboxylic acids is 1. The summed E-state index contributed by atoms with van der Waals surface area (Å²) in [5, 5.41) is 12.2. The number of aromatic nitrogens is 2. The first-order chi connectivity index (χ1) is 10.4. The topological polar surface area (TPSA) is 104 Å². The van der Waals surface area contributed by atoms with Gasteiger partial charge in [-0.15, -0.1) is 0 Å². The highest BCUT2D eigenvalue weighted by molar-refractivity contribution is 5.98. The van der Waals surface area contributed by atoms with Crippen LogP contribution in [0.15, 0.2) is 42.9 Å². The lowest BCUT2D eigenvalue weighted by molar-refractivity contribution is 0.0963. The van der Waals surface area contributed by atoms with Crippen molar-refractivity contribution >= 4 is 11.9 Å². The van der Waals surface area contributed by atoms with Crippen molar-refractivity contribution in [3.8, 4) is 17.0 Å². The van der Waals surface area contributed by atoms with Gasteiger partial charge in [-0.05, 0) is 24.3 Å². The van der Waals surface area contributed by atoms with Crippen LogP contribution in [0.1, 0.15) is 10.4 Å². The summed E-state index contributed by atoms with van der Waals surface area (Å²) in [5.74, 6) is -0.128. The molecule has 7 nitrogen and oxygen atoms in total. The van der Waals surface area contributed by atoms with Gasteiger partial charge in [-0.3, -0.25) is 4.79 Å². The second kappa shape index (κ2) is 6.13. The number of nitrogens with one attached hydrogen (secondary N) is 1. The van der Waals surface area contributed by atoms with Crippen LogP contribution >= 0.6 is 0 Å². The third-order valence-electron chi connectivity index (χ3n) is 2.85. The molecular weight excluding hydrogens is 282 g/mol. The quantitative estimate of drug-likeness (QED) is 0.780. The van der Waals surface area contributed by atoms with E-state index in [0.29, 0.717) is 17.2 Å². The van der Waals surface area contributed by atoms with Crippen molar-refractivity contribution in [2.75, 3.05) is 19.0 Å². The van der Waals surface area contributed by atoms with Gasteiger partial charge < -0.3 is 21.1 Å². The number of aromatic hydroxyl groups is 1. The fourth-order valence-electron chi connectivity index (χ4n) is 1.82. The summed E-state index contributed by atoms with van der Waals surface area (Å²) in [6.07, 6.45) is 1.63. The van der Waals surface area contributed by atoms with E-state index in [2.05, 4.69) is 21.9 Å². The van der Waals surface area contributed by atoms with Gasteiger partial charge in [-0.1, -0.05) is 6.58 Å². The first-order valence-electron chi connectivity index (χ1n) is 6.48. The van der Waals surface area contributed by atoms with Crippen LogP contribution < -0.4 is 16.0 Å². The number of amides is 1. The molecule has 1 aromatic heterocycles. The molecule has 0 fully saturated rings. The van der Waals surface area contributed by atoms with Crippen LogP contribution in [0.2, 0.25) is 0 Å². The van der Waals surface area contributed by atoms with Crippen LogP contribution in [0.5, 0.6) is 5.75 Å². The van der Waals surface area contributed by atoms with Gasteiger partial charge in [0.1, 0.15) is 5.75 Å². The van der Waals surface area contributed by atoms with E-state index in [4.69, 9.17) is 5.73 Å². The first-order valence-corrected chi connectivity index (χ1v) is 6.48. The molecule has 0 saturated carbocycles. The number of phenolic OH excluding ortho intramolecular Hbond substituents is 1. The number of anilines is 1. The molecule has 0 unspecified atom stereocenters. The highest BCUT2D eigenvalue weighted by Gasteiger charge is 2.13. The lowest BCUT2D eigenvalue weighted by atomic mass is 10.1. The van der Waals surface area contributed by atoms with E-state index in [1.165, 1.54) is 12.1 Å². The van der Waals surface area contributed by atoms with Gasteiger partial charge in [-0.25, -0.2) is 9.97 Å². The highest BCUT2D eigenvalue weighted by Crippen LogP contribution is 2.25. The Balaban J connectivity index is 2.43. The summed E-state index contributed by atoms with van der Waals surface area (Å²) in [5.41, 5.74) is 6.76. The Kier molecular flexibility index (Phi) is 4.26. The third-order valence-corrected chi connectivity index (χ3v) is 2.85. The number of benzene rings is 1. The van der Waals surface area contributed by atoms with E-state index in [1.807, 2.05) is 14.1 Å². The van der Waals surface area contributed by atoms with E-state index in [9.17, 15) is 9.90 Å². The molecule has 2 aromatic rings. The van der Waals surface area contributed by atoms with Crippen molar-refractivity contribution in [2.24, 2.45) is 5.73 Å². The summed E-state index contributed by atoms with van der Waals surface area (Å²) >= 11 is 0. The molecule has 114 valence electrons. The van der Waals surface area contributed by atoms with Crippen molar-refractivity contribution in [1.29, 1.82) is 0 Å². The van der Waals surface area contributed by atoms with Crippen molar-refractivity contribution in [2.45, 2.75) is 0 Å². The molecule has 0 atom stereocenters. The van der Waals surface area contributed by atoms with Gasteiger partial charge in [0.05, 0.1) is 17.1 Å². The minimum absolute atomic E-state index is 0.00623. The lowest BCUT2D eigenvalue weighted by Gasteiger charge is -2.12. The summed E-state index contributed by atoms with van der Waals surface area (Å²) < 4.78 is 0. The summed E-state index contributed by atoms with van der Waals surface area (Å²) in [6.45, 7) is 3.40. The number of nitrogens with zero attached hydrogens (tertiary/aromatic N) is 3.